The summed E-state index contributed by atoms with van der Waals surface area (Å²) >= 11 is 5.96. The van der Waals surface area contributed by atoms with Crippen LogP contribution in [0.25, 0.3) is 0 Å². The van der Waals surface area contributed by atoms with E-state index >= 15 is 0 Å². The molecule has 0 unspecified atom stereocenters. The van der Waals surface area contributed by atoms with Crippen molar-refractivity contribution < 1.29 is 14.0 Å². The zero-order valence-corrected chi connectivity index (χ0v) is 18.9. The zero-order valence-electron chi connectivity index (χ0n) is 18.1. The normalized spacial score (nSPS) is 10.8. The van der Waals surface area contributed by atoms with Gasteiger partial charge in [0.25, 0.3) is 5.91 Å². The van der Waals surface area contributed by atoms with E-state index in [2.05, 4.69) is 5.32 Å². The molecule has 32 heavy (non-hydrogen) atoms. The first-order chi connectivity index (χ1) is 15.3. The van der Waals surface area contributed by atoms with Gasteiger partial charge in [-0.25, -0.2) is 4.39 Å². The van der Waals surface area contributed by atoms with Crippen molar-refractivity contribution in [2.45, 2.75) is 26.8 Å². The van der Waals surface area contributed by atoms with Crippen LogP contribution < -0.4 is 10.2 Å². The molecule has 3 aromatic carbocycles. The van der Waals surface area contributed by atoms with Crippen molar-refractivity contribution in [1.82, 2.24) is 5.32 Å². The molecular weight excluding hydrogens is 427 g/mol. The average Bonchev–Trinajstić information content (AvgIpc) is 2.77. The summed E-state index contributed by atoms with van der Waals surface area (Å²) in [4.78, 5) is 27.0. The summed E-state index contributed by atoms with van der Waals surface area (Å²) in [6.07, 6.45) is 0.266. The van der Waals surface area contributed by atoms with Crippen LogP contribution in [0, 0.1) is 11.7 Å². The maximum atomic E-state index is 13.7. The Balaban J connectivity index is 1.83. The summed E-state index contributed by atoms with van der Waals surface area (Å²) in [7, 11) is 0. The van der Waals surface area contributed by atoms with Gasteiger partial charge < -0.3 is 10.2 Å². The Hall–Kier alpha value is -3.18. The number of hydrogen-bond donors (Lipinski definition) is 1. The lowest BCUT2D eigenvalue weighted by Gasteiger charge is -2.23. The molecule has 0 bridgehead atoms. The minimum Gasteiger partial charge on any atom is -0.356 e. The molecule has 0 radical (unpaired) electrons. The van der Waals surface area contributed by atoms with Crippen LogP contribution in [0.2, 0.25) is 5.02 Å². The van der Waals surface area contributed by atoms with Gasteiger partial charge in [-0.2, -0.15) is 0 Å². The Labute approximate surface area is 193 Å². The molecule has 0 aromatic heterocycles. The molecule has 166 valence electrons. The van der Waals surface area contributed by atoms with Crippen LogP contribution in [-0.4, -0.2) is 18.4 Å². The first-order valence-electron chi connectivity index (χ1n) is 10.5. The molecule has 0 aliphatic rings. The number of carbonyl (C=O) groups is 2. The molecule has 6 heteroatoms. The maximum absolute atomic E-state index is 13.7. The van der Waals surface area contributed by atoms with Crippen molar-refractivity contribution in [1.29, 1.82) is 0 Å². The highest BCUT2D eigenvalue weighted by molar-refractivity contribution is 6.30. The predicted molar refractivity (Wildman–Crippen MR) is 126 cm³/mol. The van der Waals surface area contributed by atoms with Gasteiger partial charge in [-0.3, -0.25) is 9.59 Å². The fourth-order valence-corrected chi connectivity index (χ4v) is 3.33. The van der Waals surface area contributed by atoms with Crippen molar-refractivity contribution in [3.05, 3.63) is 100 Å². The van der Waals surface area contributed by atoms with Gasteiger partial charge in [-0.05, 0) is 65.6 Å². The third-order valence-corrected chi connectivity index (χ3v) is 5.14. The Morgan fingerprint density at radius 3 is 2.28 bits per heavy atom. The molecule has 0 saturated heterocycles. The Morgan fingerprint density at radius 1 is 0.969 bits per heavy atom. The summed E-state index contributed by atoms with van der Waals surface area (Å²) in [5.41, 5.74) is 2.65. The van der Waals surface area contributed by atoms with Gasteiger partial charge in [-0.15, -0.1) is 0 Å². The van der Waals surface area contributed by atoms with Gasteiger partial charge in [0.1, 0.15) is 5.82 Å². The summed E-state index contributed by atoms with van der Waals surface area (Å²) < 4.78 is 13.7. The highest BCUT2D eigenvalue weighted by Gasteiger charge is 2.19. The van der Waals surface area contributed by atoms with Gasteiger partial charge >= 0.3 is 0 Å². The highest BCUT2D eigenvalue weighted by atomic mass is 35.5. The molecule has 0 fully saturated rings. The molecule has 1 N–H and O–H groups in total. The molecule has 3 rings (SSSR count). The van der Waals surface area contributed by atoms with Crippen molar-refractivity contribution >= 4 is 29.1 Å². The van der Waals surface area contributed by atoms with Crippen LogP contribution >= 0.6 is 11.6 Å². The number of anilines is 1. The monoisotopic (exact) mass is 452 g/mol. The predicted octanol–water partition coefficient (Wildman–Crippen LogP) is 5.64. The summed E-state index contributed by atoms with van der Waals surface area (Å²) in [5.74, 6) is -0.241. The lowest BCUT2D eigenvalue weighted by atomic mass is 10.1. The SMILES string of the molecule is CC(C)CNC(=O)Cc1ccc(N(Cc2cccc(F)c2)C(=O)c2ccc(Cl)cc2)cc1. The molecule has 3 aromatic rings. The molecular formula is C26H26ClFN2O2. The summed E-state index contributed by atoms with van der Waals surface area (Å²) in [6.45, 7) is 4.92. The third kappa shape index (κ3) is 6.66. The van der Waals surface area contributed by atoms with E-state index in [0.717, 1.165) is 5.56 Å². The number of amides is 2. The van der Waals surface area contributed by atoms with Crippen molar-refractivity contribution in [3.63, 3.8) is 0 Å². The molecule has 0 spiro atoms. The van der Waals surface area contributed by atoms with Gasteiger partial charge in [0.2, 0.25) is 5.91 Å². The largest absolute Gasteiger partial charge is 0.356 e. The van der Waals surface area contributed by atoms with E-state index in [-0.39, 0.29) is 30.6 Å². The standard InChI is InChI=1S/C26H26ClFN2O2/c1-18(2)16-29-25(31)15-19-6-12-24(13-7-19)30(17-20-4-3-5-23(28)14-20)26(32)21-8-10-22(27)11-9-21/h3-14,18H,15-17H2,1-2H3,(H,29,31). The number of nitrogens with zero attached hydrogens (tertiary/aromatic N) is 1. The van der Waals surface area contributed by atoms with Crippen molar-refractivity contribution in [2.24, 2.45) is 5.92 Å². The smallest absolute Gasteiger partial charge is 0.258 e. The van der Waals surface area contributed by atoms with Gasteiger partial charge in [0.05, 0.1) is 13.0 Å². The average molecular weight is 453 g/mol. The van der Waals surface area contributed by atoms with Gasteiger partial charge in [-0.1, -0.05) is 49.7 Å². The molecule has 0 heterocycles. The number of hydrogen-bond acceptors (Lipinski definition) is 2. The summed E-state index contributed by atoms with van der Waals surface area (Å²) in [6, 6.07) is 20.1. The Kier molecular flexibility index (Phi) is 8.01. The van der Waals surface area contributed by atoms with Crippen LogP contribution in [0.5, 0.6) is 0 Å². The first kappa shape index (κ1) is 23.5. The second-order valence-corrected chi connectivity index (χ2v) is 8.51. The van der Waals surface area contributed by atoms with Crippen LogP contribution in [0.3, 0.4) is 0 Å². The fourth-order valence-electron chi connectivity index (χ4n) is 3.21. The third-order valence-electron chi connectivity index (χ3n) is 4.89. The van der Waals surface area contributed by atoms with Crippen LogP contribution in [0.15, 0.2) is 72.8 Å². The molecule has 0 aliphatic carbocycles. The number of carbonyl (C=O) groups excluding carboxylic acids is 2. The van der Waals surface area contributed by atoms with Crippen LogP contribution in [0.4, 0.5) is 10.1 Å². The van der Waals surface area contributed by atoms with E-state index in [4.69, 9.17) is 11.6 Å². The molecule has 4 nitrogen and oxygen atoms in total. The van der Waals surface area contributed by atoms with E-state index in [1.54, 1.807) is 53.4 Å². The quantitative estimate of drug-likeness (QED) is 0.480. The van der Waals surface area contributed by atoms with E-state index in [9.17, 15) is 14.0 Å². The number of halogens is 2. The Bertz CT molecular complexity index is 1070. The highest BCUT2D eigenvalue weighted by Crippen LogP contribution is 2.22. The van der Waals surface area contributed by atoms with Gasteiger partial charge in [0, 0.05) is 22.8 Å². The van der Waals surface area contributed by atoms with Crippen LogP contribution in [-0.2, 0) is 17.8 Å². The van der Waals surface area contributed by atoms with E-state index in [0.29, 0.717) is 34.3 Å². The number of benzene rings is 3. The topological polar surface area (TPSA) is 49.4 Å². The Morgan fingerprint density at radius 2 is 1.66 bits per heavy atom. The zero-order chi connectivity index (χ0) is 23.1. The number of rotatable bonds is 8. The molecule has 0 atom stereocenters. The van der Waals surface area contributed by atoms with E-state index in [1.165, 1.54) is 12.1 Å². The van der Waals surface area contributed by atoms with Crippen molar-refractivity contribution in [2.75, 3.05) is 11.4 Å². The summed E-state index contributed by atoms with van der Waals surface area (Å²) in [5, 5.41) is 3.44. The maximum Gasteiger partial charge on any atom is 0.258 e. The van der Waals surface area contributed by atoms with E-state index in [1.807, 2.05) is 26.0 Å². The minimum absolute atomic E-state index is 0.0414. The first-order valence-corrected chi connectivity index (χ1v) is 10.9. The minimum atomic E-state index is -0.357. The fraction of sp³-hybridized carbons (Fsp3) is 0.231. The van der Waals surface area contributed by atoms with Crippen molar-refractivity contribution in [3.8, 4) is 0 Å². The van der Waals surface area contributed by atoms with E-state index < -0.39 is 0 Å². The lowest BCUT2D eigenvalue weighted by molar-refractivity contribution is -0.120. The number of nitrogens with one attached hydrogen (secondary N) is 1. The van der Waals surface area contributed by atoms with Gasteiger partial charge in [0.15, 0.2) is 0 Å². The second kappa shape index (κ2) is 10.9. The molecule has 0 saturated carbocycles. The van der Waals surface area contributed by atoms with Crippen LogP contribution in [0.1, 0.15) is 35.3 Å². The molecule has 0 aliphatic heterocycles. The molecule has 2 amide bonds. The lowest BCUT2D eigenvalue weighted by Crippen LogP contribution is -2.30. The second-order valence-electron chi connectivity index (χ2n) is 8.07.